The number of carbonyl (C=O) groups excluding carboxylic acids is 2. The molecule has 2 heterocycles. The summed E-state index contributed by atoms with van der Waals surface area (Å²) in [5, 5.41) is 6.22. The Balaban J connectivity index is 1.79. The molecule has 0 radical (unpaired) electrons. The van der Waals surface area contributed by atoms with E-state index in [9.17, 15) is 9.59 Å². The van der Waals surface area contributed by atoms with Crippen molar-refractivity contribution in [2.75, 3.05) is 26.2 Å². The van der Waals surface area contributed by atoms with Gasteiger partial charge in [-0.05, 0) is 25.3 Å². The van der Waals surface area contributed by atoms with E-state index >= 15 is 0 Å². The molecule has 0 aromatic heterocycles. The largest absolute Gasteiger partial charge is 0.353 e. The molecule has 2 aliphatic heterocycles. The molecule has 2 amide bonds. The molecule has 5 nitrogen and oxygen atoms in total. The van der Waals surface area contributed by atoms with Crippen LogP contribution in [0.1, 0.15) is 32.6 Å². The van der Waals surface area contributed by atoms with Gasteiger partial charge in [-0.25, -0.2) is 0 Å². The number of amides is 2. The first kappa shape index (κ1) is 13.3. The molecule has 0 bridgehead atoms. The predicted octanol–water partition coefficient (Wildman–Crippen LogP) is 0.113. The van der Waals surface area contributed by atoms with E-state index in [-0.39, 0.29) is 11.8 Å². The minimum Gasteiger partial charge on any atom is -0.353 e. The van der Waals surface area contributed by atoms with Crippen LogP contribution in [0.25, 0.3) is 0 Å². The lowest BCUT2D eigenvalue weighted by atomic mass is 9.85. The normalized spacial score (nSPS) is 27.6. The predicted molar refractivity (Wildman–Crippen MR) is 69.0 cm³/mol. The molecule has 0 spiro atoms. The van der Waals surface area contributed by atoms with Crippen molar-refractivity contribution in [3.05, 3.63) is 0 Å². The SMILES string of the molecule is CCNCCC(=O)N1CCC2NC(=O)CCC2C1. The van der Waals surface area contributed by atoms with Gasteiger partial charge in [0.05, 0.1) is 0 Å². The van der Waals surface area contributed by atoms with Crippen molar-refractivity contribution in [2.24, 2.45) is 5.92 Å². The third-order valence-corrected chi connectivity index (χ3v) is 3.94. The van der Waals surface area contributed by atoms with Gasteiger partial charge in [0.15, 0.2) is 0 Å². The van der Waals surface area contributed by atoms with Crippen molar-refractivity contribution in [1.82, 2.24) is 15.5 Å². The molecule has 2 unspecified atom stereocenters. The highest BCUT2D eigenvalue weighted by molar-refractivity contribution is 5.78. The van der Waals surface area contributed by atoms with Crippen molar-refractivity contribution >= 4 is 11.8 Å². The van der Waals surface area contributed by atoms with E-state index < -0.39 is 0 Å². The summed E-state index contributed by atoms with van der Waals surface area (Å²) in [5.74, 6) is 0.869. The highest BCUT2D eigenvalue weighted by atomic mass is 16.2. The van der Waals surface area contributed by atoms with Crippen molar-refractivity contribution < 1.29 is 9.59 Å². The number of likely N-dealkylation sites (tertiary alicyclic amines) is 1. The van der Waals surface area contributed by atoms with Crippen LogP contribution in [-0.2, 0) is 9.59 Å². The number of hydrogen-bond donors (Lipinski definition) is 2. The smallest absolute Gasteiger partial charge is 0.223 e. The molecular formula is C13H23N3O2. The number of piperidine rings is 2. The van der Waals surface area contributed by atoms with Gasteiger partial charge in [-0.3, -0.25) is 9.59 Å². The van der Waals surface area contributed by atoms with Crippen molar-refractivity contribution in [1.29, 1.82) is 0 Å². The van der Waals surface area contributed by atoms with Crippen LogP contribution in [0, 0.1) is 5.92 Å². The molecule has 0 aromatic rings. The quantitative estimate of drug-likeness (QED) is 0.699. The zero-order chi connectivity index (χ0) is 13.0. The molecule has 2 aliphatic rings. The van der Waals surface area contributed by atoms with Gasteiger partial charge in [0.2, 0.25) is 11.8 Å². The first-order valence-corrected chi connectivity index (χ1v) is 6.98. The Hall–Kier alpha value is -1.10. The minimum atomic E-state index is 0.170. The molecular weight excluding hydrogens is 230 g/mol. The van der Waals surface area contributed by atoms with Gasteiger partial charge in [0.1, 0.15) is 0 Å². The Bertz CT molecular complexity index is 319. The molecule has 0 aromatic carbocycles. The van der Waals surface area contributed by atoms with Crippen LogP contribution in [0.4, 0.5) is 0 Å². The molecule has 2 fully saturated rings. The maximum absolute atomic E-state index is 12.0. The zero-order valence-electron chi connectivity index (χ0n) is 11.1. The fraction of sp³-hybridized carbons (Fsp3) is 0.846. The van der Waals surface area contributed by atoms with Crippen molar-refractivity contribution in [3.8, 4) is 0 Å². The van der Waals surface area contributed by atoms with Crippen LogP contribution in [0.2, 0.25) is 0 Å². The summed E-state index contributed by atoms with van der Waals surface area (Å²) in [4.78, 5) is 25.3. The van der Waals surface area contributed by atoms with Crippen LogP contribution in [-0.4, -0.2) is 48.9 Å². The van der Waals surface area contributed by atoms with E-state index in [1.54, 1.807) is 0 Å². The molecule has 2 atom stereocenters. The Morgan fingerprint density at radius 1 is 1.50 bits per heavy atom. The summed E-state index contributed by atoms with van der Waals surface area (Å²) in [6, 6.07) is 0.295. The van der Waals surface area contributed by atoms with E-state index in [4.69, 9.17) is 0 Å². The first-order chi connectivity index (χ1) is 8.70. The summed E-state index contributed by atoms with van der Waals surface area (Å²) in [5.41, 5.74) is 0. The van der Waals surface area contributed by atoms with Crippen LogP contribution in [0.5, 0.6) is 0 Å². The highest BCUT2D eigenvalue weighted by Crippen LogP contribution is 2.25. The van der Waals surface area contributed by atoms with Crippen LogP contribution in [0.15, 0.2) is 0 Å². The Morgan fingerprint density at radius 3 is 3.11 bits per heavy atom. The average Bonchev–Trinajstić information content (AvgIpc) is 2.38. The van der Waals surface area contributed by atoms with E-state index in [1.807, 2.05) is 11.8 Å². The number of fused-ring (bicyclic) bond motifs is 1. The third-order valence-electron chi connectivity index (χ3n) is 3.94. The average molecular weight is 253 g/mol. The third kappa shape index (κ3) is 3.22. The number of rotatable bonds is 4. The van der Waals surface area contributed by atoms with E-state index in [0.717, 1.165) is 39.0 Å². The van der Waals surface area contributed by atoms with Gasteiger partial charge in [-0.15, -0.1) is 0 Å². The maximum Gasteiger partial charge on any atom is 0.223 e. The van der Waals surface area contributed by atoms with Crippen LogP contribution in [0.3, 0.4) is 0 Å². The molecule has 2 rings (SSSR count). The molecule has 0 saturated carbocycles. The van der Waals surface area contributed by atoms with Crippen molar-refractivity contribution in [3.63, 3.8) is 0 Å². The second kappa shape index (κ2) is 6.18. The van der Waals surface area contributed by atoms with E-state index in [0.29, 0.717) is 24.8 Å². The van der Waals surface area contributed by atoms with Gasteiger partial charge in [-0.2, -0.15) is 0 Å². The Morgan fingerprint density at radius 2 is 2.33 bits per heavy atom. The molecule has 2 saturated heterocycles. The summed E-state index contributed by atoms with van der Waals surface area (Å²) < 4.78 is 0. The van der Waals surface area contributed by atoms with Gasteiger partial charge in [0.25, 0.3) is 0 Å². The first-order valence-electron chi connectivity index (χ1n) is 6.98. The summed E-state index contributed by atoms with van der Waals surface area (Å²) in [6.45, 7) is 5.31. The van der Waals surface area contributed by atoms with Gasteiger partial charge < -0.3 is 15.5 Å². The molecule has 18 heavy (non-hydrogen) atoms. The van der Waals surface area contributed by atoms with E-state index in [1.165, 1.54) is 0 Å². The second-order valence-corrected chi connectivity index (χ2v) is 5.20. The summed E-state index contributed by atoms with van der Waals surface area (Å²) in [6.07, 6.45) is 3.02. The zero-order valence-corrected chi connectivity index (χ0v) is 11.1. The van der Waals surface area contributed by atoms with Gasteiger partial charge >= 0.3 is 0 Å². The minimum absolute atomic E-state index is 0.170. The number of nitrogens with zero attached hydrogens (tertiary/aromatic N) is 1. The number of carbonyl (C=O) groups is 2. The molecule has 102 valence electrons. The lowest BCUT2D eigenvalue weighted by Crippen LogP contribution is -2.55. The standard InChI is InChI=1S/C13H23N3O2/c1-2-14-7-5-13(18)16-8-6-11-10(9-16)3-4-12(17)15-11/h10-11,14H,2-9H2,1H3,(H,15,17). The van der Waals surface area contributed by atoms with Crippen LogP contribution < -0.4 is 10.6 Å². The Labute approximate surface area is 108 Å². The lowest BCUT2D eigenvalue weighted by Gasteiger charge is -2.41. The lowest BCUT2D eigenvalue weighted by molar-refractivity contribution is -0.134. The molecule has 0 aliphatic carbocycles. The van der Waals surface area contributed by atoms with Crippen LogP contribution >= 0.6 is 0 Å². The number of hydrogen-bond acceptors (Lipinski definition) is 3. The second-order valence-electron chi connectivity index (χ2n) is 5.20. The fourth-order valence-corrected chi connectivity index (χ4v) is 2.87. The summed E-state index contributed by atoms with van der Waals surface area (Å²) >= 11 is 0. The van der Waals surface area contributed by atoms with Crippen molar-refractivity contribution in [2.45, 2.75) is 38.6 Å². The monoisotopic (exact) mass is 253 g/mol. The van der Waals surface area contributed by atoms with E-state index in [2.05, 4.69) is 10.6 Å². The maximum atomic E-state index is 12.0. The number of nitrogens with one attached hydrogen (secondary N) is 2. The van der Waals surface area contributed by atoms with Gasteiger partial charge in [-0.1, -0.05) is 6.92 Å². The topological polar surface area (TPSA) is 61.4 Å². The molecule has 5 heteroatoms. The Kier molecular flexibility index (Phi) is 4.58. The molecule has 2 N–H and O–H groups in total. The van der Waals surface area contributed by atoms with Gasteiger partial charge in [0, 0.05) is 38.5 Å². The fourth-order valence-electron chi connectivity index (χ4n) is 2.87. The highest BCUT2D eigenvalue weighted by Gasteiger charge is 2.34. The summed E-state index contributed by atoms with van der Waals surface area (Å²) in [7, 11) is 0.